The van der Waals surface area contributed by atoms with Gasteiger partial charge in [-0.05, 0) is 24.1 Å². The molecule has 3 aromatic rings. The third-order valence-corrected chi connectivity index (χ3v) is 5.22. The molecule has 0 aliphatic rings. The fourth-order valence-corrected chi connectivity index (χ4v) is 3.37. The van der Waals surface area contributed by atoms with Crippen LogP contribution in [0.3, 0.4) is 0 Å². The Morgan fingerprint density at radius 3 is 2.47 bits per heavy atom. The zero-order chi connectivity index (χ0) is 23.3. The molecule has 9 heteroatoms. The first kappa shape index (κ1) is 23.0. The molecule has 1 heterocycles. The fraction of sp³-hybridized carbons (Fsp3) is 0.174. The first-order chi connectivity index (χ1) is 15.2. The highest BCUT2D eigenvalue weighted by Gasteiger charge is 2.21. The number of aryl methyl sites for hydroxylation is 1. The van der Waals surface area contributed by atoms with E-state index in [1.807, 2.05) is 6.92 Å². The highest BCUT2D eigenvalue weighted by atomic mass is 35.5. The summed E-state index contributed by atoms with van der Waals surface area (Å²) in [6.07, 6.45) is 0.940. The average Bonchev–Trinajstić information content (AvgIpc) is 2.74. The van der Waals surface area contributed by atoms with Gasteiger partial charge >= 0.3 is 12.0 Å². The molecule has 7 nitrogen and oxygen atoms in total. The second kappa shape index (κ2) is 10.1. The van der Waals surface area contributed by atoms with E-state index in [1.165, 1.54) is 6.20 Å². The molecule has 0 saturated carbocycles. The summed E-state index contributed by atoms with van der Waals surface area (Å²) >= 11 is 6.13. The van der Waals surface area contributed by atoms with Gasteiger partial charge in [0.1, 0.15) is 5.69 Å². The number of aliphatic carboxylic acids is 1. The third-order valence-electron chi connectivity index (χ3n) is 4.85. The topological polar surface area (TPSA) is 111 Å². The van der Waals surface area contributed by atoms with Crippen molar-refractivity contribution in [3.05, 3.63) is 98.2 Å². The van der Waals surface area contributed by atoms with Crippen molar-refractivity contribution in [2.45, 2.75) is 25.8 Å². The smallest absolute Gasteiger partial charge is 0.319 e. The van der Waals surface area contributed by atoms with Crippen molar-refractivity contribution in [1.29, 1.82) is 0 Å². The number of aromatic amines is 1. The zero-order valence-corrected chi connectivity index (χ0v) is 17.9. The van der Waals surface area contributed by atoms with Gasteiger partial charge in [-0.15, -0.1) is 0 Å². The molecule has 4 N–H and O–H groups in total. The van der Waals surface area contributed by atoms with E-state index < -0.39 is 35.1 Å². The van der Waals surface area contributed by atoms with Gasteiger partial charge in [0.2, 0.25) is 0 Å². The van der Waals surface area contributed by atoms with Crippen LogP contribution in [0.4, 0.5) is 14.9 Å². The van der Waals surface area contributed by atoms with E-state index in [2.05, 4.69) is 15.6 Å². The number of anilines is 1. The van der Waals surface area contributed by atoms with Gasteiger partial charge in [-0.25, -0.2) is 9.18 Å². The van der Waals surface area contributed by atoms with Gasteiger partial charge in [0.15, 0.2) is 5.82 Å². The summed E-state index contributed by atoms with van der Waals surface area (Å²) in [5, 5.41) is 14.3. The maximum absolute atomic E-state index is 15.0. The fourth-order valence-electron chi connectivity index (χ4n) is 3.17. The lowest BCUT2D eigenvalue weighted by atomic mass is 10.0. The number of hydrogen-bond acceptors (Lipinski definition) is 3. The molecule has 1 aromatic heterocycles. The molecule has 0 unspecified atom stereocenters. The van der Waals surface area contributed by atoms with Crippen LogP contribution in [0.5, 0.6) is 0 Å². The Morgan fingerprint density at radius 1 is 1.12 bits per heavy atom. The molecular weight excluding hydrogens is 437 g/mol. The monoisotopic (exact) mass is 457 g/mol. The molecule has 0 saturated heterocycles. The normalized spacial score (nSPS) is 11.6. The summed E-state index contributed by atoms with van der Waals surface area (Å²) in [6.45, 7) is 1.88. The first-order valence-electron chi connectivity index (χ1n) is 9.74. The maximum atomic E-state index is 15.0. The zero-order valence-electron chi connectivity index (χ0n) is 17.1. The van der Waals surface area contributed by atoms with Crippen molar-refractivity contribution in [2.24, 2.45) is 0 Å². The SMILES string of the molecule is Cc1ccc([C@H](CC(=O)O)NC(=O)Nc2c(F)c(Cc3ccccc3Cl)c[nH]c2=O)cc1. The van der Waals surface area contributed by atoms with Crippen LogP contribution in [0.15, 0.2) is 59.5 Å². The van der Waals surface area contributed by atoms with Crippen LogP contribution in [0.2, 0.25) is 5.02 Å². The first-order valence-corrected chi connectivity index (χ1v) is 10.1. The van der Waals surface area contributed by atoms with Crippen molar-refractivity contribution >= 4 is 29.3 Å². The summed E-state index contributed by atoms with van der Waals surface area (Å²) in [5.74, 6) is -2.02. The van der Waals surface area contributed by atoms with E-state index in [0.29, 0.717) is 16.1 Å². The number of halogens is 2. The number of rotatable bonds is 7. The number of carboxylic acid groups (broad SMARTS) is 1. The minimum atomic E-state index is -1.12. The van der Waals surface area contributed by atoms with E-state index in [4.69, 9.17) is 11.6 Å². The Morgan fingerprint density at radius 2 is 1.81 bits per heavy atom. The largest absolute Gasteiger partial charge is 0.481 e. The van der Waals surface area contributed by atoms with Gasteiger partial charge in [-0.2, -0.15) is 0 Å². The van der Waals surface area contributed by atoms with Gasteiger partial charge in [-0.1, -0.05) is 59.6 Å². The maximum Gasteiger partial charge on any atom is 0.319 e. The Hall–Kier alpha value is -3.65. The van der Waals surface area contributed by atoms with E-state index in [-0.39, 0.29) is 18.4 Å². The average molecular weight is 458 g/mol. The van der Waals surface area contributed by atoms with Crippen molar-refractivity contribution < 1.29 is 19.1 Å². The number of urea groups is 1. The minimum Gasteiger partial charge on any atom is -0.481 e. The Labute approximate surface area is 188 Å². The quantitative estimate of drug-likeness (QED) is 0.421. The van der Waals surface area contributed by atoms with Gasteiger partial charge in [0.25, 0.3) is 5.56 Å². The molecule has 0 aliphatic carbocycles. The van der Waals surface area contributed by atoms with Crippen LogP contribution in [0.1, 0.15) is 34.7 Å². The number of amides is 2. The summed E-state index contributed by atoms with van der Waals surface area (Å²) in [5.41, 5.74) is 0.923. The Balaban J connectivity index is 1.81. The van der Waals surface area contributed by atoms with E-state index >= 15 is 4.39 Å². The van der Waals surface area contributed by atoms with Crippen molar-refractivity contribution in [2.75, 3.05) is 5.32 Å². The molecule has 0 fully saturated rings. The van der Waals surface area contributed by atoms with Crippen molar-refractivity contribution in [3.8, 4) is 0 Å². The van der Waals surface area contributed by atoms with E-state index in [1.54, 1.807) is 48.5 Å². The third kappa shape index (κ3) is 5.73. The predicted octanol–water partition coefficient (Wildman–Crippen LogP) is 4.40. The number of H-pyrrole nitrogens is 1. The molecule has 0 spiro atoms. The number of nitrogens with one attached hydrogen (secondary N) is 3. The Bertz CT molecular complexity index is 1190. The van der Waals surface area contributed by atoms with E-state index in [0.717, 1.165) is 5.56 Å². The molecule has 166 valence electrons. The minimum absolute atomic E-state index is 0.101. The second-order valence-electron chi connectivity index (χ2n) is 7.26. The van der Waals surface area contributed by atoms with Crippen LogP contribution in [0.25, 0.3) is 0 Å². The standard InChI is InChI=1S/C23H21ClFN3O4/c1-13-6-8-14(9-7-13)18(11-19(29)30)27-23(32)28-21-20(25)16(12-26-22(21)31)10-15-4-2-3-5-17(15)24/h2-9,12,18H,10-11H2,1H3,(H,26,31)(H,29,30)(H2,27,28,32)/t18-/m0/s1. The number of aromatic nitrogens is 1. The summed E-state index contributed by atoms with van der Waals surface area (Å²) in [7, 11) is 0. The highest BCUT2D eigenvalue weighted by molar-refractivity contribution is 6.31. The van der Waals surface area contributed by atoms with Crippen LogP contribution in [-0.4, -0.2) is 22.1 Å². The van der Waals surface area contributed by atoms with Crippen molar-refractivity contribution in [3.63, 3.8) is 0 Å². The molecule has 0 aliphatic heterocycles. The number of carbonyl (C=O) groups is 2. The molecule has 2 aromatic carbocycles. The highest BCUT2D eigenvalue weighted by Crippen LogP contribution is 2.22. The molecule has 2 amide bonds. The molecule has 1 atom stereocenters. The van der Waals surface area contributed by atoms with Crippen LogP contribution >= 0.6 is 11.6 Å². The lowest BCUT2D eigenvalue weighted by molar-refractivity contribution is -0.137. The predicted molar refractivity (Wildman–Crippen MR) is 120 cm³/mol. The number of benzene rings is 2. The van der Waals surface area contributed by atoms with Gasteiger partial charge in [0, 0.05) is 23.2 Å². The van der Waals surface area contributed by atoms with Crippen LogP contribution in [0, 0.1) is 12.7 Å². The second-order valence-corrected chi connectivity index (χ2v) is 7.67. The van der Waals surface area contributed by atoms with Crippen LogP contribution < -0.4 is 16.2 Å². The summed E-state index contributed by atoms with van der Waals surface area (Å²) < 4.78 is 15.0. The van der Waals surface area contributed by atoms with Gasteiger partial charge in [-0.3, -0.25) is 9.59 Å². The van der Waals surface area contributed by atoms with Crippen molar-refractivity contribution in [1.82, 2.24) is 10.3 Å². The molecular formula is C23H21ClFN3O4. The Kier molecular flexibility index (Phi) is 7.27. The molecule has 32 heavy (non-hydrogen) atoms. The summed E-state index contributed by atoms with van der Waals surface area (Å²) in [4.78, 5) is 38.3. The molecule has 0 radical (unpaired) electrons. The van der Waals surface area contributed by atoms with Crippen LogP contribution in [-0.2, 0) is 11.2 Å². The number of carbonyl (C=O) groups excluding carboxylic acids is 1. The van der Waals surface area contributed by atoms with Gasteiger partial charge < -0.3 is 20.7 Å². The van der Waals surface area contributed by atoms with Gasteiger partial charge in [0.05, 0.1) is 12.5 Å². The summed E-state index contributed by atoms with van der Waals surface area (Å²) in [6, 6.07) is 12.1. The number of pyridine rings is 1. The molecule has 3 rings (SSSR count). The number of hydrogen-bond donors (Lipinski definition) is 4. The molecule has 0 bridgehead atoms. The van der Waals surface area contributed by atoms with E-state index in [9.17, 15) is 19.5 Å². The lowest BCUT2D eigenvalue weighted by Gasteiger charge is -2.18. The lowest BCUT2D eigenvalue weighted by Crippen LogP contribution is -2.35. The number of carboxylic acids is 1.